The number of carbonyl (C=O) groups is 1. The number of amides is 1. The minimum absolute atomic E-state index is 0.164. The molecule has 122 valence electrons. The summed E-state index contributed by atoms with van der Waals surface area (Å²) < 4.78 is 5.43. The summed E-state index contributed by atoms with van der Waals surface area (Å²) in [6, 6.07) is 0.663. The molecule has 2 saturated heterocycles. The lowest BCUT2D eigenvalue weighted by Crippen LogP contribution is -2.46. The van der Waals surface area contributed by atoms with Gasteiger partial charge >= 0.3 is 0 Å². The van der Waals surface area contributed by atoms with E-state index in [9.17, 15) is 4.79 Å². The van der Waals surface area contributed by atoms with Crippen LogP contribution in [0.15, 0.2) is 5.38 Å². The average molecular weight is 323 g/mol. The molecule has 22 heavy (non-hydrogen) atoms. The predicted octanol–water partition coefficient (Wildman–Crippen LogP) is 1.96. The Labute approximate surface area is 136 Å². The number of nitrogens with zero attached hydrogens (tertiary/aromatic N) is 2. The van der Waals surface area contributed by atoms with Crippen LogP contribution in [0.1, 0.15) is 36.4 Å². The van der Waals surface area contributed by atoms with Crippen molar-refractivity contribution in [1.82, 2.24) is 15.2 Å². The van der Waals surface area contributed by atoms with Crippen LogP contribution < -0.4 is 5.32 Å². The number of hydrogen-bond donors (Lipinski definition) is 1. The molecule has 1 aromatic rings. The van der Waals surface area contributed by atoms with Crippen LogP contribution in [0.5, 0.6) is 0 Å². The van der Waals surface area contributed by atoms with Crippen molar-refractivity contribution >= 4 is 17.2 Å². The fourth-order valence-electron chi connectivity index (χ4n) is 3.37. The molecule has 2 fully saturated rings. The fourth-order valence-corrected chi connectivity index (χ4v) is 4.08. The van der Waals surface area contributed by atoms with Gasteiger partial charge in [-0.2, -0.15) is 0 Å². The zero-order chi connectivity index (χ0) is 15.4. The SMILES string of the molecule is Cc1csc(CNC(=O)C2CCN(C3CCOCC3)CC2)n1. The Morgan fingerprint density at radius 1 is 1.36 bits per heavy atom. The molecule has 3 rings (SSSR count). The van der Waals surface area contributed by atoms with E-state index in [-0.39, 0.29) is 11.8 Å². The summed E-state index contributed by atoms with van der Waals surface area (Å²) in [5.74, 6) is 0.358. The third kappa shape index (κ3) is 4.06. The van der Waals surface area contributed by atoms with Gasteiger partial charge in [0, 0.05) is 36.2 Å². The van der Waals surface area contributed by atoms with E-state index in [1.54, 1.807) is 11.3 Å². The molecule has 0 aromatic carbocycles. The third-order valence-electron chi connectivity index (χ3n) is 4.69. The number of ether oxygens (including phenoxy) is 1. The summed E-state index contributed by atoms with van der Waals surface area (Å²) in [5, 5.41) is 6.06. The monoisotopic (exact) mass is 323 g/mol. The van der Waals surface area contributed by atoms with Crippen molar-refractivity contribution in [3.05, 3.63) is 16.1 Å². The Kier molecular flexibility index (Phi) is 5.44. The molecule has 0 bridgehead atoms. The van der Waals surface area contributed by atoms with Crippen molar-refractivity contribution in [2.24, 2.45) is 5.92 Å². The lowest BCUT2D eigenvalue weighted by molar-refractivity contribution is -0.127. The standard InChI is InChI=1S/C16H25N3O2S/c1-12-11-22-15(18-12)10-17-16(20)13-2-6-19(7-3-13)14-4-8-21-9-5-14/h11,13-14H,2-10H2,1H3,(H,17,20). The van der Waals surface area contributed by atoms with Gasteiger partial charge in [0.15, 0.2) is 0 Å². The van der Waals surface area contributed by atoms with E-state index in [0.29, 0.717) is 12.6 Å². The Balaban J connectivity index is 1.41. The van der Waals surface area contributed by atoms with Crippen molar-refractivity contribution in [2.45, 2.75) is 45.2 Å². The van der Waals surface area contributed by atoms with Gasteiger partial charge in [-0.25, -0.2) is 4.98 Å². The second kappa shape index (κ2) is 7.53. The molecule has 3 heterocycles. The summed E-state index contributed by atoms with van der Waals surface area (Å²) in [6.07, 6.45) is 4.22. The maximum absolute atomic E-state index is 12.3. The van der Waals surface area contributed by atoms with Crippen LogP contribution in [0.3, 0.4) is 0 Å². The van der Waals surface area contributed by atoms with Crippen LogP contribution >= 0.6 is 11.3 Å². The quantitative estimate of drug-likeness (QED) is 0.920. The first-order valence-electron chi connectivity index (χ1n) is 8.23. The van der Waals surface area contributed by atoms with E-state index in [1.807, 2.05) is 12.3 Å². The van der Waals surface area contributed by atoms with Crippen LogP contribution in [-0.2, 0) is 16.1 Å². The summed E-state index contributed by atoms with van der Waals surface area (Å²) in [5.41, 5.74) is 1.03. The number of rotatable bonds is 4. The Morgan fingerprint density at radius 2 is 2.09 bits per heavy atom. The number of likely N-dealkylation sites (tertiary alicyclic amines) is 1. The largest absolute Gasteiger partial charge is 0.381 e. The Bertz CT molecular complexity index is 491. The second-order valence-corrected chi connectivity index (χ2v) is 7.20. The highest BCUT2D eigenvalue weighted by atomic mass is 32.1. The number of carbonyl (C=O) groups excluding carboxylic acids is 1. The zero-order valence-corrected chi connectivity index (χ0v) is 14.0. The first-order valence-corrected chi connectivity index (χ1v) is 9.11. The van der Waals surface area contributed by atoms with Crippen LogP contribution in [0.25, 0.3) is 0 Å². The predicted molar refractivity (Wildman–Crippen MR) is 86.8 cm³/mol. The molecule has 1 amide bonds. The van der Waals surface area contributed by atoms with E-state index in [4.69, 9.17) is 4.74 Å². The lowest BCUT2D eigenvalue weighted by Gasteiger charge is -2.38. The minimum atomic E-state index is 0.164. The molecule has 2 aliphatic heterocycles. The Hall–Kier alpha value is -0.980. The van der Waals surface area contributed by atoms with Gasteiger partial charge in [-0.1, -0.05) is 0 Å². The summed E-state index contributed by atoms with van der Waals surface area (Å²) in [6.45, 7) is 6.40. The van der Waals surface area contributed by atoms with Gasteiger partial charge in [0.2, 0.25) is 5.91 Å². The van der Waals surface area contributed by atoms with Gasteiger partial charge in [-0.05, 0) is 45.7 Å². The lowest BCUT2D eigenvalue weighted by atomic mass is 9.93. The zero-order valence-electron chi connectivity index (χ0n) is 13.2. The number of thiazole rings is 1. The molecular formula is C16H25N3O2S. The highest BCUT2D eigenvalue weighted by Crippen LogP contribution is 2.23. The molecule has 0 unspecified atom stereocenters. The topological polar surface area (TPSA) is 54.5 Å². The third-order valence-corrected chi connectivity index (χ3v) is 5.65. The maximum atomic E-state index is 12.3. The molecule has 6 heteroatoms. The van der Waals surface area contributed by atoms with Crippen LogP contribution in [0.2, 0.25) is 0 Å². The molecule has 1 N–H and O–H groups in total. The Morgan fingerprint density at radius 3 is 2.73 bits per heavy atom. The van der Waals surface area contributed by atoms with E-state index in [2.05, 4.69) is 15.2 Å². The average Bonchev–Trinajstić information content (AvgIpc) is 2.99. The molecule has 0 atom stereocenters. The van der Waals surface area contributed by atoms with Crippen molar-refractivity contribution in [3.63, 3.8) is 0 Å². The first-order chi connectivity index (χ1) is 10.7. The number of hydrogen-bond acceptors (Lipinski definition) is 5. The van der Waals surface area contributed by atoms with Crippen LogP contribution in [-0.4, -0.2) is 48.1 Å². The van der Waals surface area contributed by atoms with Gasteiger partial charge in [0.05, 0.1) is 6.54 Å². The van der Waals surface area contributed by atoms with Crippen molar-refractivity contribution in [3.8, 4) is 0 Å². The van der Waals surface area contributed by atoms with E-state index >= 15 is 0 Å². The number of aryl methyl sites for hydroxylation is 1. The molecule has 2 aliphatic rings. The van der Waals surface area contributed by atoms with Gasteiger partial charge in [-0.15, -0.1) is 11.3 Å². The molecule has 0 radical (unpaired) electrons. The van der Waals surface area contributed by atoms with E-state index in [1.165, 1.54) is 0 Å². The molecule has 5 nitrogen and oxygen atoms in total. The summed E-state index contributed by atoms with van der Waals surface area (Å²) >= 11 is 1.61. The second-order valence-electron chi connectivity index (χ2n) is 6.25. The molecular weight excluding hydrogens is 298 g/mol. The molecule has 0 spiro atoms. The summed E-state index contributed by atoms with van der Waals surface area (Å²) in [7, 11) is 0. The van der Waals surface area contributed by atoms with Gasteiger partial charge < -0.3 is 15.0 Å². The summed E-state index contributed by atoms with van der Waals surface area (Å²) in [4.78, 5) is 19.2. The highest BCUT2D eigenvalue weighted by Gasteiger charge is 2.29. The van der Waals surface area contributed by atoms with Gasteiger partial charge in [-0.3, -0.25) is 4.79 Å². The van der Waals surface area contributed by atoms with Crippen molar-refractivity contribution < 1.29 is 9.53 Å². The first kappa shape index (κ1) is 15.9. The van der Waals surface area contributed by atoms with E-state index < -0.39 is 0 Å². The van der Waals surface area contributed by atoms with E-state index in [0.717, 1.165) is 62.7 Å². The number of nitrogens with one attached hydrogen (secondary N) is 1. The van der Waals surface area contributed by atoms with Gasteiger partial charge in [0.1, 0.15) is 5.01 Å². The van der Waals surface area contributed by atoms with Crippen molar-refractivity contribution in [2.75, 3.05) is 26.3 Å². The molecule has 0 aliphatic carbocycles. The fraction of sp³-hybridized carbons (Fsp3) is 0.750. The smallest absolute Gasteiger partial charge is 0.223 e. The minimum Gasteiger partial charge on any atom is -0.381 e. The number of aromatic nitrogens is 1. The molecule has 1 aromatic heterocycles. The normalized spacial score (nSPS) is 21.9. The maximum Gasteiger partial charge on any atom is 0.223 e. The van der Waals surface area contributed by atoms with Crippen LogP contribution in [0.4, 0.5) is 0 Å². The van der Waals surface area contributed by atoms with Crippen molar-refractivity contribution in [1.29, 1.82) is 0 Å². The molecule has 0 saturated carbocycles. The van der Waals surface area contributed by atoms with Crippen LogP contribution in [0, 0.1) is 12.8 Å². The van der Waals surface area contributed by atoms with Gasteiger partial charge in [0.25, 0.3) is 0 Å². The highest BCUT2D eigenvalue weighted by molar-refractivity contribution is 7.09. The number of piperidine rings is 1.